The van der Waals surface area contributed by atoms with Crippen molar-refractivity contribution in [1.82, 2.24) is 5.32 Å². The van der Waals surface area contributed by atoms with Gasteiger partial charge in [-0.2, -0.15) is 0 Å². The van der Waals surface area contributed by atoms with Crippen LogP contribution in [0.25, 0.3) is 0 Å². The lowest BCUT2D eigenvalue weighted by Gasteiger charge is -2.23. The lowest BCUT2D eigenvalue weighted by molar-refractivity contribution is 0.303. The van der Waals surface area contributed by atoms with Crippen LogP contribution in [0.2, 0.25) is 0 Å². The van der Waals surface area contributed by atoms with Crippen LogP contribution in [0.15, 0.2) is 24.3 Å². The standard InChI is InChI=1S/C19H29NO/c1-20-19(14-15-6-4-2-3-5-7-15)16-8-10-17(11-9-16)21-18-12-13-18/h8-11,15,18-20H,2-7,12-14H2,1H3. The molecular weight excluding hydrogens is 258 g/mol. The van der Waals surface area contributed by atoms with Crippen LogP contribution in [0, 0.1) is 5.92 Å². The second kappa shape index (κ2) is 7.31. The molecule has 1 unspecified atom stereocenters. The van der Waals surface area contributed by atoms with E-state index in [1.54, 1.807) is 0 Å². The number of hydrogen-bond donors (Lipinski definition) is 1. The molecule has 1 atom stereocenters. The molecule has 0 radical (unpaired) electrons. The molecule has 1 aromatic carbocycles. The fourth-order valence-electron chi connectivity index (χ4n) is 3.51. The van der Waals surface area contributed by atoms with E-state index in [2.05, 4.69) is 36.6 Å². The Morgan fingerprint density at radius 3 is 2.24 bits per heavy atom. The normalized spacial score (nSPS) is 21.8. The number of ether oxygens (including phenoxy) is 1. The number of benzene rings is 1. The van der Waals surface area contributed by atoms with Crippen LogP contribution in [-0.2, 0) is 0 Å². The Morgan fingerprint density at radius 1 is 1.00 bits per heavy atom. The molecule has 0 bridgehead atoms. The van der Waals surface area contributed by atoms with Gasteiger partial charge >= 0.3 is 0 Å². The van der Waals surface area contributed by atoms with Gasteiger partial charge in [0, 0.05) is 6.04 Å². The highest BCUT2D eigenvalue weighted by Crippen LogP contribution is 2.32. The summed E-state index contributed by atoms with van der Waals surface area (Å²) in [5, 5.41) is 3.52. The van der Waals surface area contributed by atoms with Crippen LogP contribution in [0.1, 0.15) is 69.4 Å². The predicted octanol–water partition coefficient (Wildman–Crippen LogP) is 4.85. The van der Waals surface area contributed by atoms with Crippen LogP contribution >= 0.6 is 0 Å². The van der Waals surface area contributed by atoms with Gasteiger partial charge in [0.2, 0.25) is 0 Å². The van der Waals surface area contributed by atoms with Crippen molar-refractivity contribution in [3.05, 3.63) is 29.8 Å². The molecular formula is C19H29NO. The van der Waals surface area contributed by atoms with E-state index in [-0.39, 0.29) is 0 Å². The molecule has 2 aliphatic carbocycles. The van der Waals surface area contributed by atoms with Gasteiger partial charge in [-0.25, -0.2) is 0 Å². The highest BCUT2D eigenvalue weighted by Gasteiger charge is 2.23. The molecule has 2 heteroatoms. The van der Waals surface area contributed by atoms with Crippen molar-refractivity contribution in [3.63, 3.8) is 0 Å². The van der Waals surface area contributed by atoms with Gasteiger partial charge in [-0.1, -0.05) is 50.7 Å². The summed E-state index contributed by atoms with van der Waals surface area (Å²) in [6.07, 6.45) is 12.8. The van der Waals surface area contributed by atoms with E-state index >= 15 is 0 Å². The summed E-state index contributed by atoms with van der Waals surface area (Å²) in [5.74, 6) is 1.93. The zero-order valence-corrected chi connectivity index (χ0v) is 13.3. The third-order valence-corrected chi connectivity index (χ3v) is 5.00. The third-order valence-electron chi connectivity index (χ3n) is 5.00. The Labute approximate surface area is 129 Å². The lowest BCUT2D eigenvalue weighted by Crippen LogP contribution is -2.20. The Bertz CT molecular complexity index is 416. The summed E-state index contributed by atoms with van der Waals surface area (Å²) in [7, 11) is 2.09. The van der Waals surface area contributed by atoms with Crippen molar-refractivity contribution in [1.29, 1.82) is 0 Å². The number of nitrogens with one attached hydrogen (secondary N) is 1. The number of rotatable bonds is 6. The van der Waals surface area contributed by atoms with Crippen molar-refractivity contribution < 1.29 is 4.74 Å². The van der Waals surface area contributed by atoms with Gasteiger partial charge < -0.3 is 10.1 Å². The Hall–Kier alpha value is -1.02. The zero-order valence-electron chi connectivity index (χ0n) is 13.3. The van der Waals surface area contributed by atoms with Crippen LogP contribution in [-0.4, -0.2) is 13.2 Å². The first kappa shape index (κ1) is 14.9. The minimum Gasteiger partial charge on any atom is -0.490 e. The summed E-state index contributed by atoms with van der Waals surface area (Å²) in [6, 6.07) is 9.27. The second-order valence-corrected chi connectivity index (χ2v) is 6.82. The van der Waals surface area contributed by atoms with Crippen molar-refractivity contribution in [2.24, 2.45) is 5.92 Å². The average molecular weight is 287 g/mol. The van der Waals surface area contributed by atoms with Crippen LogP contribution in [0.5, 0.6) is 5.75 Å². The Kier molecular flexibility index (Phi) is 5.18. The zero-order chi connectivity index (χ0) is 14.5. The van der Waals surface area contributed by atoms with Crippen LogP contribution in [0.3, 0.4) is 0 Å². The second-order valence-electron chi connectivity index (χ2n) is 6.82. The van der Waals surface area contributed by atoms with Crippen molar-refractivity contribution >= 4 is 0 Å². The average Bonchev–Trinajstić information content (AvgIpc) is 3.33. The molecule has 2 saturated carbocycles. The summed E-state index contributed by atoms with van der Waals surface area (Å²) in [4.78, 5) is 0. The lowest BCUT2D eigenvalue weighted by atomic mass is 9.89. The van der Waals surface area contributed by atoms with E-state index in [0.717, 1.165) is 11.7 Å². The SMILES string of the molecule is CNC(CC1CCCCCC1)c1ccc(OC2CC2)cc1. The topological polar surface area (TPSA) is 21.3 Å². The largest absolute Gasteiger partial charge is 0.490 e. The summed E-state index contributed by atoms with van der Waals surface area (Å²) in [5.41, 5.74) is 1.41. The maximum atomic E-state index is 5.84. The predicted molar refractivity (Wildman–Crippen MR) is 87.7 cm³/mol. The minimum atomic E-state index is 0.488. The smallest absolute Gasteiger partial charge is 0.119 e. The fraction of sp³-hybridized carbons (Fsp3) is 0.684. The maximum absolute atomic E-state index is 5.84. The van der Waals surface area contributed by atoms with Gasteiger partial charge in [-0.05, 0) is 49.9 Å². The van der Waals surface area contributed by atoms with Gasteiger partial charge in [0.25, 0.3) is 0 Å². The molecule has 0 amide bonds. The van der Waals surface area contributed by atoms with Crippen molar-refractivity contribution in [2.45, 2.75) is 69.9 Å². The Morgan fingerprint density at radius 2 is 1.67 bits per heavy atom. The molecule has 21 heavy (non-hydrogen) atoms. The monoisotopic (exact) mass is 287 g/mol. The molecule has 1 aromatic rings. The molecule has 0 aliphatic heterocycles. The summed E-state index contributed by atoms with van der Waals surface area (Å²) in [6.45, 7) is 0. The molecule has 0 spiro atoms. The van der Waals surface area contributed by atoms with Crippen LogP contribution < -0.4 is 10.1 Å². The fourth-order valence-corrected chi connectivity index (χ4v) is 3.51. The van der Waals surface area contributed by atoms with Crippen molar-refractivity contribution in [3.8, 4) is 5.75 Å². The highest BCUT2D eigenvalue weighted by atomic mass is 16.5. The first-order valence-corrected chi connectivity index (χ1v) is 8.79. The molecule has 2 fully saturated rings. The maximum Gasteiger partial charge on any atom is 0.119 e. The van der Waals surface area contributed by atoms with E-state index in [4.69, 9.17) is 4.74 Å². The van der Waals surface area contributed by atoms with E-state index in [9.17, 15) is 0 Å². The van der Waals surface area contributed by atoms with Crippen LogP contribution in [0.4, 0.5) is 0 Å². The molecule has 0 aromatic heterocycles. The molecule has 2 aliphatic rings. The van der Waals surface area contributed by atoms with Gasteiger partial charge in [-0.15, -0.1) is 0 Å². The highest BCUT2D eigenvalue weighted by molar-refractivity contribution is 5.29. The first-order chi connectivity index (χ1) is 10.3. The van der Waals surface area contributed by atoms with Gasteiger partial charge in [-0.3, -0.25) is 0 Å². The minimum absolute atomic E-state index is 0.488. The quantitative estimate of drug-likeness (QED) is 0.755. The molecule has 0 heterocycles. The molecule has 0 saturated heterocycles. The van der Waals surface area contributed by atoms with E-state index in [1.807, 2.05) is 0 Å². The molecule has 3 rings (SSSR count). The molecule has 2 nitrogen and oxygen atoms in total. The molecule has 1 N–H and O–H groups in total. The van der Waals surface area contributed by atoms with E-state index < -0.39 is 0 Å². The summed E-state index contributed by atoms with van der Waals surface area (Å²) < 4.78 is 5.84. The third kappa shape index (κ3) is 4.47. The summed E-state index contributed by atoms with van der Waals surface area (Å²) >= 11 is 0. The van der Waals surface area contributed by atoms with Gasteiger partial charge in [0.1, 0.15) is 5.75 Å². The van der Waals surface area contributed by atoms with Gasteiger partial charge in [0.05, 0.1) is 6.10 Å². The van der Waals surface area contributed by atoms with E-state index in [1.165, 1.54) is 63.4 Å². The van der Waals surface area contributed by atoms with Gasteiger partial charge in [0.15, 0.2) is 0 Å². The first-order valence-electron chi connectivity index (χ1n) is 8.79. The molecule has 116 valence electrons. The van der Waals surface area contributed by atoms with Crippen molar-refractivity contribution in [2.75, 3.05) is 7.05 Å². The Balaban J connectivity index is 1.58. The number of hydrogen-bond acceptors (Lipinski definition) is 2. The van der Waals surface area contributed by atoms with E-state index in [0.29, 0.717) is 12.1 Å².